The second-order valence-corrected chi connectivity index (χ2v) is 4.72. The van der Waals surface area contributed by atoms with Gasteiger partial charge < -0.3 is 19.2 Å². The van der Waals surface area contributed by atoms with Crippen LogP contribution < -0.4 is 10.3 Å². The molecule has 0 saturated carbocycles. The van der Waals surface area contributed by atoms with Gasteiger partial charge in [-0.2, -0.15) is 0 Å². The minimum atomic E-state index is -0.147. The minimum absolute atomic E-state index is 0.0163. The van der Waals surface area contributed by atoms with Crippen LogP contribution in [0.3, 0.4) is 0 Å². The Morgan fingerprint density at radius 1 is 1.42 bits per heavy atom. The molecule has 2 heterocycles. The number of para-hydroxylation sites is 1. The monoisotopic (exact) mass is 261 g/mol. The van der Waals surface area contributed by atoms with Crippen LogP contribution in [0, 0.1) is 0 Å². The summed E-state index contributed by atoms with van der Waals surface area (Å²) in [4.78, 5) is 14.1. The third-order valence-corrected chi connectivity index (χ3v) is 3.37. The first-order valence-electron chi connectivity index (χ1n) is 6.27. The number of rotatable bonds is 1. The van der Waals surface area contributed by atoms with Crippen molar-refractivity contribution in [2.45, 2.75) is 13.0 Å². The summed E-state index contributed by atoms with van der Waals surface area (Å²) in [5.74, 6) is 0.465. The van der Waals surface area contributed by atoms with Crippen LogP contribution in [-0.4, -0.2) is 30.9 Å². The molecular formula is C14H15NO4. The molecule has 1 aliphatic heterocycles. The van der Waals surface area contributed by atoms with E-state index in [1.54, 1.807) is 12.1 Å². The van der Waals surface area contributed by atoms with E-state index >= 15 is 0 Å². The maximum Gasteiger partial charge on any atom is 0.200 e. The molecule has 1 aromatic carbocycles. The second-order valence-electron chi connectivity index (χ2n) is 4.72. The molecule has 19 heavy (non-hydrogen) atoms. The molecule has 2 aromatic rings. The minimum Gasteiger partial charge on any atom is -0.504 e. The van der Waals surface area contributed by atoms with Gasteiger partial charge in [-0.15, -0.1) is 0 Å². The third kappa shape index (κ3) is 2.06. The molecule has 1 saturated heterocycles. The molecule has 1 N–H and O–H groups in total. The average Bonchev–Trinajstić information content (AvgIpc) is 2.40. The molecule has 5 nitrogen and oxygen atoms in total. The molecule has 0 unspecified atom stereocenters. The Morgan fingerprint density at radius 2 is 2.26 bits per heavy atom. The van der Waals surface area contributed by atoms with Gasteiger partial charge in [-0.3, -0.25) is 4.79 Å². The Kier molecular flexibility index (Phi) is 2.91. The van der Waals surface area contributed by atoms with E-state index in [0.717, 1.165) is 0 Å². The average molecular weight is 261 g/mol. The van der Waals surface area contributed by atoms with Crippen LogP contribution in [0.2, 0.25) is 0 Å². The molecule has 1 atom stereocenters. The fraction of sp³-hybridized carbons (Fsp3) is 0.357. The third-order valence-electron chi connectivity index (χ3n) is 3.37. The van der Waals surface area contributed by atoms with Crippen molar-refractivity contribution in [2.75, 3.05) is 24.7 Å². The number of phenolic OH excluding ortho intramolecular Hbond substituents is 1. The van der Waals surface area contributed by atoms with Gasteiger partial charge in [-0.05, 0) is 19.1 Å². The van der Waals surface area contributed by atoms with Crippen molar-refractivity contribution in [1.29, 1.82) is 0 Å². The van der Waals surface area contributed by atoms with Gasteiger partial charge in [0, 0.05) is 12.6 Å². The smallest absolute Gasteiger partial charge is 0.200 e. The van der Waals surface area contributed by atoms with Crippen LogP contribution >= 0.6 is 0 Å². The molecule has 0 aliphatic carbocycles. The van der Waals surface area contributed by atoms with Gasteiger partial charge in [-0.25, -0.2) is 0 Å². The summed E-state index contributed by atoms with van der Waals surface area (Å²) in [7, 11) is 0. The van der Waals surface area contributed by atoms with Crippen molar-refractivity contribution in [3.8, 4) is 5.75 Å². The topological polar surface area (TPSA) is 62.9 Å². The van der Waals surface area contributed by atoms with E-state index in [2.05, 4.69) is 0 Å². The normalized spacial score (nSPS) is 19.8. The number of ether oxygens (including phenoxy) is 1. The summed E-state index contributed by atoms with van der Waals surface area (Å²) in [6.45, 7) is 3.88. The number of nitrogens with zero attached hydrogens (tertiary/aromatic N) is 1. The molecular weight excluding hydrogens is 246 g/mol. The van der Waals surface area contributed by atoms with E-state index in [0.29, 0.717) is 31.0 Å². The van der Waals surface area contributed by atoms with Gasteiger partial charge in [0.15, 0.2) is 16.8 Å². The Balaban J connectivity index is 2.15. The maximum atomic E-state index is 12.1. The van der Waals surface area contributed by atoms with Gasteiger partial charge in [0.2, 0.25) is 5.88 Å². The summed E-state index contributed by atoms with van der Waals surface area (Å²) in [5.41, 5.74) is 0.0922. The van der Waals surface area contributed by atoms with E-state index in [-0.39, 0.29) is 22.8 Å². The fourth-order valence-corrected chi connectivity index (χ4v) is 2.35. The molecule has 3 rings (SSSR count). The van der Waals surface area contributed by atoms with Crippen LogP contribution in [0.1, 0.15) is 6.92 Å². The Hall–Kier alpha value is -2.01. The Bertz CT molecular complexity index is 664. The van der Waals surface area contributed by atoms with Crippen LogP contribution in [-0.2, 0) is 4.74 Å². The standard InChI is InChI=1S/C14H15NO4/c1-9-8-18-6-5-15(9)13-7-12(17)10-3-2-4-11(16)14(10)19-13/h2-4,7,9,16H,5-6,8H2,1H3/t9-/m0/s1. The second kappa shape index (κ2) is 4.59. The Labute approximate surface area is 110 Å². The van der Waals surface area contributed by atoms with Gasteiger partial charge in [0.05, 0.1) is 24.6 Å². The van der Waals surface area contributed by atoms with Crippen molar-refractivity contribution in [2.24, 2.45) is 0 Å². The highest BCUT2D eigenvalue weighted by Crippen LogP contribution is 2.27. The summed E-state index contributed by atoms with van der Waals surface area (Å²) >= 11 is 0. The predicted molar refractivity (Wildman–Crippen MR) is 71.8 cm³/mol. The molecule has 1 aromatic heterocycles. The van der Waals surface area contributed by atoms with Crippen molar-refractivity contribution in [3.63, 3.8) is 0 Å². The largest absolute Gasteiger partial charge is 0.504 e. The Morgan fingerprint density at radius 3 is 3.05 bits per heavy atom. The zero-order chi connectivity index (χ0) is 13.4. The van der Waals surface area contributed by atoms with Gasteiger partial charge >= 0.3 is 0 Å². The lowest BCUT2D eigenvalue weighted by Crippen LogP contribution is -2.44. The van der Waals surface area contributed by atoms with Gasteiger partial charge in [0.1, 0.15) is 0 Å². The van der Waals surface area contributed by atoms with E-state index in [4.69, 9.17) is 9.15 Å². The summed E-state index contributed by atoms with van der Waals surface area (Å²) < 4.78 is 11.1. The molecule has 5 heteroatoms. The van der Waals surface area contributed by atoms with Crippen molar-refractivity contribution < 1.29 is 14.3 Å². The quantitative estimate of drug-likeness (QED) is 0.847. The van der Waals surface area contributed by atoms with Crippen molar-refractivity contribution in [1.82, 2.24) is 0 Å². The number of aromatic hydroxyl groups is 1. The first kappa shape index (κ1) is 12.0. The number of hydrogen-bond donors (Lipinski definition) is 1. The van der Waals surface area contributed by atoms with E-state index < -0.39 is 0 Å². The van der Waals surface area contributed by atoms with E-state index in [1.807, 2.05) is 11.8 Å². The number of anilines is 1. The van der Waals surface area contributed by atoms with Crippen LogP contribution in [0.4, 0.5) is 5.88 Å². The highest BCUT2D eigenvalue weighted by Gasteiger charge is 2.22. The van der Waals surface area contributed by atoms with Gasteiger partial charge in [0.25, 0.3) is 0 Å². The molecule has 1 fully saturated rings. The lowest BCUT2D eigenvalue weighted by molar-refractivity contribution is 0.0967. The summed E-state index contributed by atoms with van der Waals surface area (Å²) in [6, 6.07) is 6.40. The number of hydrogen-bond acceptors (Lipinski definition) is 5. The van der Waals surface area contributed by atoms with Crippen molar-refractivity contribution in [3.05, 3.63) is 34.5 Å². The molecule has 100 valence electrons. The van der Waals surface area contributed by atoms with Crippen molar-refractivity contribution >= 4 is 16.9 Å². The zero-order valence-electron chi connectivity index (χ0n) is 10.6. The van der Waals surface area contributed by atoms with E-state index in [1.165, 1.54) is 12.1 Å². The number of morpholine rings is 1. The molecule has 1 aliphatic rings. The molecule has 0 radical (unpaired) electrons. The predicted octanol–water partition coefficient (Wildman–Crippen LogP) is 1.72. The number of phenols is 1. The van der Waals surface area contributed by atoms with E-state index in [9.17, 15) is 9.90 Å². The first-order valence-corrected chi connectivity index (χ1v) is 6.27. The molecule has 0 spiro atoms. The van der Waals surface area contributed by atoms with Gasteiger partial charge in [-0.1, -0.05) is 6.07 Å². The molecule has 0 bridgehead atoms. The summed E-state index contributed by atoms with van der Waals surface area (Å²) in [6.07, 6.45) is 0. The molecule has 0 amide bonds. The van der Waals surface area contributed by atoms with Crippen LogP contribution in [0.15, 0.2) is 33.5 Å². The number of benzene rings is 1. The fourth-order valence-electron chi connectivity index (χ4n) is 2.35. The number of fused-ring (bicyclic) bond motifs is 1. The lowest BCUT2D eigenvalue weighted by Gasteiger charge is -2.33. The highest BCUT2D eigenvalue weighted by molar-refractivity contribution is 5.83. The summed E-state index contributed by atoms with van der Waals surface area (Å²) in [5, 5.41) is 10.2. The maximum absolute atomic E-state index is 12.1. The highest BCUT2D eigenvalue weighted by atomic mass is 16.5. The lowest BCUT2D eigenvalue weighted by atomic mass is 10.2. The SMILES string of the molecule is C[C@H]1COCCN1c1cc(=O)c2cccc(O)c2o1. The first-order chi connectivity index (χ1) is 9.16. The van der Waals surface area contributed by atoms with Crippen LogP contribution in [0.5, 0.6) is 5.75 Å². The van der Waals surface area contributed by atoms with Crippen LogP contribution in [0.25, 0.3) is 11.0 Å². The zero-order valence-corrected chi connectivity index (χ0v) is 10.6.